The third-order valence-corrected chi connectivity index (χ3v) is 3.57. The molecule has 0 aliphatic heterocycles. The largest absolute Gasteiger partial charge is 0.503 e. The van der Waals surface area contributed by atoms with Crippen molar-refractivity contribution in [1.82, 2.24) is 4.98 Å². The summed E-state index contributed by atoms with van der Waals surface area (Å²) in [6.45, 7) is -0.200. The molecule has 0 N–H and O–H groups in total. The molecule has 0 saturated heterocycles. The summed E-state index contributed by atoms with van der Waals surface area (Å²) in [6, 6.07) is 14.0. The summed E-state index contributed by atoms with van der Waals surface area (Å²) in [7, 11) is -4.43. The summed E-state index contributed by atoms with van der Waals surface area (Å²) in [5.74, 6) is 0.0487. The van der Waals surface area contributed by atoms with Gasteiger partial charge in [-0.3, -0.25) is 4.79 Å². The van der Waals surface area contributed by atoms with Crippen LogP contribution in [-0.2, 0) is 19.4 Å². The molecule has 0 spiro atoms. The van der Waals surface area contributed by atoms with Crippen molar-refractivity contribution in [1.29, 1.82) is 0 Å². The highest BCUT2D eigenvalue weighted by Gasteiger charge is 2.16. The van der Waals surface area contributed by atoms with Gasteiger partial charge in [-0.25, -0.2) is 4.98 Å². The fourth-order valence-corrected chi connectivity index (χ4v) is 2.52. The van der Waals surface area contributed by atoms with Crippen LogP contribution in [0.4, 0.5) is 0 Å². The number of fused-ring (bicyclic) bond motifs is 2. The predicted molar refractivity (Wildman–Crippen MR) is 75.9 cm³/mol. The Morgan fingerprint density at radius 3 is 2.57 bits per heavy atom. The van der Waals surface area contributed by atoms with Crippen LogP contribution in [0.5, 0.6) is 5.75 Å². The molecule has 0 bridgehead atoms. The monoisotopic (exact) mass is 303 g/mol. The Kier molecular flexibility index (Phi) is 3.19. The number of pyridine rings is 1. The quantitative estimate of drug-likeness (QED) is 0.542. The van der Waals surface area contributed by atoms with E-state index in [0.29, 0.717) is 10.9 Å². The maximum Gasteiger partial charge on any atom is 0.503 e. The molecule has 0 saturated carbocycles. The van der Waals surface area contributed by atoms with Crippen LogP contribution in [0, 0.1) is 0 Å². The highest BCUT2D eigenvalue weighted by molar-refractivity contribution is 7.82. The minimum absolute atomic E-state index is 0.0487. The van der Waals surface area contributed by atoms with Crippen molar-refractivity contribution < 1.29 is 21.6 Å². The summed E-state index contributed by atoms with van der Waals surface area (Å²) in [6.07, 6.45) is 0. The van der Waals surface area contributed by atoms with E-state index >= 15 is 0 Å². The van der Waals surface area contributed by atoms with Crippen LogP contribution in [0.3, 0.4) is 0 Å². The minimum Gasteiger partial charge on any atom is -0.352 e. The van der Waals surface area contributed by atoms with E-state index in [1.807, 2.05) is 24.3 Å². The third kappa shape index (κ3) is 2.63. The van der Waals surface area contributed by atoms with E-state index in [4.69, 9.17) is 4.18 Å². The molecule has 1 aromatic heterocycles. The Morgan fingerprint density at radius 1 is 1.00 bits per heavy atom. The third-order valence-electron chi connectivity index (χ3n) is 2.87. The molecule has 0 aliphatic rings. The molecule has 3 rings (SSSR count). The Balaban J connectivity index is 2.19. The van der Waals surface area contributed by atoms with E-state index in [-0.39, 0.29) is 12.2 Å². The lowest BCUT2D eigenvalue weighted by Crippen LogP contribution is -2.12. The zero-order valence-electron chi connectivity index (χ0n) is 10.6. The van der Waals surface area contributed by atoms with Gasteiger partial charge in [0.2, 0.25) is 0 Å². The number of hydrogen-bond acceptors (Lipinski definition) is 6. The van der Waals surface area contributed by atoms with Gasteiger partial charge in [0.15, 0.2) is 5.75 Å². The predicted octanol–water partition coefficient (Wildman–Crippen LogP) is 2.18. The van der Waals surface area contributed by atoms with Crippen LogP contribution in [-0.4, -0.2) is 19.9 Å². The average Bonchev–Trinajstić information content (AvgIpc) is 2.45. The minimum atomic E-state index is -4.43. The summed E-state index contributed by atoms with van der Waals surface area (Å²) >= 11 is 0. The van der Waals surface area contributed by atoms with Gasteiger partial charge in [0.1, 0.15) is 0 Å². The molecule has 2 aromatic carbocycles. The van der Waals surface area contributed by atoms with Gasteiger partial charge in [-0.15, -0.1) is 8.42 Å². The van der Waals surface area contributed by atoms with Crippen molar-refractivity contribution in [2.45, 2.75) is 0 Å². The van der Waals surface area contributed by atoms with E-state index in [2.05, 4.69) is 9.17 Å². The molecular formula is C14H9NO5S. The van der Waals surface area contributed by atoms with Crippen molar-refractivity contribution >= 4 is 38.7 Å². The summed E-state index contributed by atoms with van der Waals surface area (Å²) in [5, 5.41) is 1.35. The average molecular weight is 303 g/mol. The summed E-state index contributed by atoms with van der Waals surface area (Å²) in [5.41, 5.74) is 1.36. The van der Waals surface area contributed by atoms with Gasteiger partial charge in [-0.2, -0.15) is 0 Å². The molecule has 6 nitrogen and oxygen atoms in total. The molecule has 0 aliphatic carbocycles. The molecule has 3 aromatic rings. The second kappa shape index (κ2) is 5.02. The zero-order valence-corrected chi connectivity index (χ0v) is 11.4. The van der Waals surface area contributed by atoms with Gasteiger partial charge >= 0.3 is 16.9 Å². The standard InChI is InChI=1S/C14H9NO5S/c16-9-19-21(17,18)20-14-7-3-6-13-11(14)8-10-4-1-2-5-12(10)15-13/h1-9H. The Morgan fingerprint density at radius 2 is 1.76 bits per heavy atom. The Bertz CT molecular complexity index is 936. The first kappa shape index (κ1) is 13.3. The van der Waals surface area contributed by atoms with E-state index in [0.717, 1.165) is 10.9 Å². The number of carbonyl (C=O) groups excluding carboxylic acids is 1. The van der Waals surface area contributed by atoms with Crippen molar-refractivity contribution in [3.05, 3.63) is 48.5 Å². The zero-order chi connectivity index (χ0) is 14.9. The van der Waals surface area contributed by atoms with Gasteiger partial charge in [0.05, 0.1) is 11.0 Å². The maximum absolute atomic E-state index is 11.4. The molecule has 21 heavy (non-hydrogen) atoms. The fraction of sp³-hybridized carbons (Fsp3) is 0. The van der Waals surface area contributed by atoms with Crippen molar-refractivity contribution in [2.75, 3.05) is 0 Å². The van der Waals surface area contributed by atoms with Gasteiger partial charge in [-0.1, -0.05) is 24.3 Å². The number of benzene rings is 2. The Labute approximate surface area is 120 Å². The van der Waals surface area contributed by atoms with Crippen LogP contribution < -0.4 is 4.18 Å². The normalized spacial score (nSPS) is 11.4. The first-order valence-corrected chi connectivity index (χ1v) is 7.27. The van der Waals surface area contributed by atoms with Crippen molar-refractivity contribution in [3.63, 3.8) is 0 Å². The number of rotatable bonds is 4. The van der Waals surface area contributed by atoms with E-state index in [1.54, 1.807) is 18.2 Å². The first-order chi connectivity index (χ1) is 10.1. The second-order valence-corrected chi connectivity index (χ2v) is 5.36. The van der Waals surface area contributed by atoms with Crippen LogP contribution in [0.1, 0.15) is 0 Å². The molecule has 0 atom stereocenters. The van der Waals surface area contributed by atoms with Gasteiger partial charge in [-0.05, 0) is 24.3 Å². The fourth-order valence-electron chi connectivity index (χ4n) is 2.02. The summed E-state index contributed by atoms with van der Waals surface area (Å²) in [4.78, 5) is 14.6. The van der Waals surface area contributed by atoms with Gasteiger partial charge in [0.25, 0.3) is 0 Å². The summed E-state index contributed by atoms with van der Waals surface area (Å²) < 4.78 is 31.5. The van der Waals surface area contributed by atoms with Crippen LogP contribution >= 0.6 is 0 Å². The molecule has 1 heterocycles. The molecule has 0 amide bonds. The second-order valence-electron chi connectivity index (χ2n) is 4.19. The number of hydrogen-bond donors (Lipinski definition) is 0. The molecule has 0 radical (unpaired) electrons. The van der Waals surface area contributed by atoms with Crippen molar-refractivity contribution in [2.24, 2.45) is 0 Å². The first-order valence-electron chi connectivity index (χ1n) is 5.94. The van der Waals surface area contributed by atoms with Crippen LogP contribution in [0.25, 0.3) is 21.8 Å². The lowest BCUT2D eigenvalue weighted by Gasteiger charge is -2.08. The topological polar surface area (TPSA) is 82.6 Å². The smallest absolute Gasteiger partial charge is 0.352 e. The lowest BCUT2D eigenvalue weighted by atomic mass is 10.1. The number of para-hydroxylation sites is 1. The lowest BCUT2D eigenvalue weighted by molar-refractivity contribution is -0.120. The number of nitrogens with zero attached hydrogens (tertiary/aromatic N) is 1. The number of carbonyl (C=O) groups is 1. The van der Waals surface area contributed by atoms with Crippen LogP contribution in [0.15, 0.2) is 48.5 Å². The Hall–Kier alpha value is -2.67. The molecular weight excluding hydrogens is 294 g/mol. The van der Waals surface area contributed by atoms with E-state index in [9.17, 15) is 13.2 Å². The molecule has 0 unspecified atom stereocenters. The number of aromatic nitrogens is 1. The molecule has 0 fully saturated rings. The molecule has 106 valence electrons. The highest BCUT2D eigenvalue weighted by Crippen LogP contribution is 2.28. The van der Waals surface area contributed by atoms with E-state index < -0.39 is 10.4 Å². The van der Waals surface area contributed by atoms with Crippen LogP contribution in [0.2, 0.25) is 0 Å². The van der Waals surface area contributed by atoms with Crippen molar-refractivity contribution in [3.8, 4) is 5.75 Å². The highest BCUT2D eigenvalue weighted by atomic mass is 32.3. The maximum atomic E-state index is 11.4. The van der Waals surface area contributed by atoms with E-state index in [1.165, 1.54) is 6.07 Å². The molecule has 7 heteroatoms. The van der Waals surface area contributed by atoms with Gasteiger partial charge < -0.3 is 8.37 Å². The SMILES string of the molecule is O=COS(=O)(=O)Oc1cccc2nc3ccccc3cc12. The van der Waals surface area contributed by atoms with Gasteiger partial charge in [0, 0.05) is 10.8 Å².